The molecule has 1 N–H and O–H groups in total. The van der Waals surface area contributed by atoms with Crippen molar-refractivity contribution >= 4 is 34.5 Å². The normalized spacial score (nSPS) is 11.1. The summed E-state index contributed by atoms with van der Waals surface area (Å²) in [4.78, 5) is 22.8. The van der Waals surface area contributed by atoms with Crippen molar-refractivity contribution in [1.82, 2.24) is 29.5 Å². The van der Waals surface area contributed by atoms with Crippen LogP contribution in [0.4, 0.5) is 5.82 Å². The smallest absolute Gasteiger partial charge is 0.257 e. The molecule has 1 amide bonds. The maximum absolute atomic E-state index is 13.0. The Labute approximate surface area is 188 Å². The minimum atomic E-state index is -0.207. The number of hydrogen-bond donors (Lipinski definition) is 1. The standard InChI is InChI=1S/C23H19N7OS/c1-15-12-20(27-23(31)17-10-6-7-11-19(17)32-2)30(28-15)22-18-13-26-29(21(18)24-14-25-22)16-8-4-3-5-9-16/h3-14H,1-2H3,(H,27,31). The zero-order valence-electron chi connectivity index (χ0n) is 17.4. The molecule has 0 spiro atoms. The number of benzene rings is 2. The average Bonchev–Trinajstić information content (AvgIpc) is 3.42. The van der Waals surface area contributed by atoms with Crippen LogP contribution in [0.2, 0.25) is 0 Å². The fourth-order valence-corrected chi connectivity index (χ4v) is 4.12. The molecule has 32 heavy (non-hydrogen) atoms. The van der Waals surface area contributed by atoms with Crippen molar-refractivity contribution in [2.75, 3.05) is 11.6 Å². The summed E-state index contributed by atoms with van der Waals surface area (Å²) in [5.41, 5.74) is 2.90. The number of carbonyl (C=O) groups excluding carboxylic acids is 1. The third kappa shape index (κ3) is 3.52. The fourth-order valence-electron chi connectivity index (χ4n) is 3.52. The van der Waals surface area contributed by atoms with Crippen LogP contribution >= 0.6 is 11.8 Å². The first-order chi connectivity index (χ1) is 15.7. The van der Waals surface area contributed by atoms with Crippen molar-refractivity contribution in [1.29, 1.82) is 0 Å². The fraction of sp³-hybridized carbons (Fsp3) is 0.0870. The minimum absolute atomic E-state index is 0.207. The van der Waals surface area contributed by atoms with Gasteiger partial charge < -0.3 is 5.32 Å². The number of amides is 1. The first-order valence-corrected chi connectivity index (χ1v) is 11.1. The number of anilines is 1. The molecule has 0 saturated heterocycles. The number of aryl methyl sites for hydroxylation is 1. The summed E-state index contributed by atoms with van der Waals surface area (Å²) in [5.74, 6) is 0.857. The maximum atomic E-state index is 13.0. The number of para-hydroxylation sites is 1. The molecule has 158 valence electrons. The Balaban J connectivity index is 1.57. The molecule has 0 radical (unpaired) electrons. The third-order valence-electron chi connectivity index (χ3n) is 4.97. The quantitative estimate of drug-likeness (QED) is 0.409. The molecule has 8 nitrogen and oxygen atoms in total. The molecule has 0 unspecified atom stereocenters. The van der Waals surface area contributed by atoms with Crippen LogP contribution in [0, 0.1) is 6.92 Å². The van der Waals surface area contributed by atoms with E-state index in [1.807, 2.05) is 73.8 Å². The van der Waals surface area contributed by atoms with Crippen LogP contribution in [-0.2, 0) is 0 Å². The van der Waals surface area contributed by atoms with E-state index in [2.05, 4.69) is 25.5 Å². The third-order valence-corrected chi connectivity index (χ3v) is 5.77. The highest BCUT2D eigenvalue weighted by molar-refractivity contribution is 7.98. The summed E-state index contributed by atoms with van der Waals surface area (Å²) in [5, 5.41) is 12.8. The SMILES string of the molecule is CSc1ccccc1C(=O)Nc1cc(C)nn1-c1ncnc2c1cnn2-c1ccccc1. The molecule has 5 aromatic rings. The predicted molar refractivity (Wildman–Crippen MR) is 125 cm³/mol. The second kappa shape index (κ2) is 8.27. The molecule has 0 fully saturated rings. The predicted octanol–water partition coefficient (Wildman–Crippen LogP) is 4.28. The Morgan fingerprint density at radius 2 is 1.78 bits per heavy atom. The summed E-state index contributed by atoms with van der Waals surface area (Å²) in [7, 11) is 0. The van der Waals surface area contributed by atoms with Gasteiger partial charge in [-0.3, -0.25) is 4.79 Å². The first kappa shape index (κ1) is 20.0. The molecule has 0 atom stereocenters. The van der Waals surface area contributed by atoms with Gasteiger partial charge in [0.05, 0.1) is 28.5 Å². The minimum Gasteiger partial charge on any atom is -0.306 e. The van der Waals surface area contributed by atoms with E-state index in [1.165, 1.54) is 18.1 Å². The van der Waals surface area contributed by atoms with Crippen LogP contribution in [0.1, 0.15) is 16.1 Å². The lowest BCUT2D eigenvalue weighted by molar-refractivity contribution is 0.102. The summed E-state index contributed by atoms with van der Waals surface area (Å²) in [6, 6.07) is 19.1. The van der Waals surface area contributed by atoms with Gasteiger partial charge in [-0.05, 0) is 37.4 Å². The number of thioether (sulfide) groups is 1. The Bertz CT molecular complexity index is 1430. The molecule has 2 aromatic carbocycles. The van der Waals surface area contributed by atoms with E-state index in [0.717, 1.165) is 21.7 Å². The van der Waals surface area contributed by atoms with Crippen LogP contribution in [0.3, 0.4) is 0 Å². The maximum Gasteiger partial charge on any atom is 0.257 e. The Morgan fingerprint density at radius 3 is 2.59 bits per heavy atom. The second-order valence-corrected chi connectivity index (χ2v) is 7.91. The zero-order valence-corrected chi connectivity index (χ0v) is 18.2. The van der Waals surface area contributed by atoms with Gasteiger partial charge in [0.15, 0.2) is 11.5 Å². The molecule has 3 aromatic heterocycles. The van der Waals surface area contributed by atoms with Crippen molar-refractivity contribution in [3.05, 3.63) is 84.4 Å². The molecule has 0 aliphatic heterocycles. The van der Waals surface area contributed by atoms with Gasteiger partial charge in [0.2, 0.25) is 0 Å². The topological polar surface area (TPSA) is 90.5 Å². The van der Waals surface area contributed by atoms with Crippen LogP contribution < -0.4 is 5.32 Å². The number of carbonyl (C=O) groups is 1. The lowest BCUT2D eigenvalue weighted by Crippen LogP contribution is -2.16. The lowest BCUT2D eigenvalue weighted by atomic mass is 10.2. The molecule has 9 heteroatoms. The van der Waals surface area contributed by atoms with Crippen molar-refractivity contribution < 1.29 is 4.79 Å². The number of fused-ring (bicyclic) bond motifs is 1. The summed E-state index contributed by atoms with van der Waals surface area (Å²) < 4.78 is 3.37. The van der Waals surface area contributed by atoms with E-state index in [1.54, 1.807) is 15.6 Å². The number of rotatable bonds is 5. The van der Waals surface area contributed by atoms with Gasteiger partial charge in [0.1, 0.15) is 12.1 Å². The van der Waals surface area contributed by atoms with Gasteiger partial charge >= 0.3 is 0 Å². The molecule has 0 bridgehead atoms. The highest BCUT2D eigenvalue weighted by Crippen LogP contribution is 2.25. The van der Waals surface area contributed by atoms with E-state index in [0.29, 0.717) is 22.8 Å². The average molecular weight is 442 g/mol. The summed E-state index contributed by atoms with van der Waals surface area (Å²) in [6.07, 6.45) is 5.14. The molecule has 0 aliphatic carbocycles. The van der Waals surface area contributed by atoms with E-state index < -0.39 is 0 Å². The number of hydrogen-bond acceptors (Lipinski definition) is 6. The second-order valence-electron chi connectivity index (χ2n) is 7.06. The van der Waals surface area contributed by atoms with E-state index in [9.17, 15) is 4.79 Å². The van der Waals surface area contributed by atoms with Crippen LogP contribution in [-0.4, -0.2) is 41.7 Å². The number of nitrogens with one attached hydrogen (secondary N) is 1. The molecule has 0 aliphatic rings. The van der Waals surface area contributed by atoms with Gasteiger partial charge in [-0.25, -0.2) is 14.6 Å². The monoisotopic (exact) mass is 441 g/mol. The highest BCUT2D eigenvalue weighted by atomic mass is 32.2. The van der Waals surface area contributed by atoms with Crippen molar-refractivity contribution in [2.45, 2.75) is 11.8 Å². The number of aromatic nitrogens is 6. The van der Waals surface area contributed by atoms with Gasteiger partial charge in [0, 0.05) is 11.0 Å². The van der Waals surface area contributed by atoms with Gasteiger partial charge in [0.25, 0.3) is 5.91 Å². The molecular weight excluding hydrogens is 422 g/mol. The lowest BCUT2D eigenvalue weighted by Gasteiger charge is -2.11. The largest absolute Gasteiger partial charge is 0.306 e. The van der Waals surface area contributed by atoms with Gasteiger partial charge in [-0.15, -0.1) is 11.8 Å². The van der Waals surface area contributed by atoms with E-state index >= 15 is 0 Å². The van der Waals surface area contributed by atoms with Crippen LogP contribution in [0.25, 0.3) is 22.5 Å². The van der Waals surface area contributed by atoms with Crippen molar-refractivity contribution in [2.24, 2.45) is 0 Å². The molecule has 5 rings (SSSR count). The van der Waals surface area contributed by atoms with Crippen LogP contribution in [0.5, 0.6) is 0 Å². The van der Waals surface area contributed by atoms with E-state index in [4.69, 9.17) is 0 Å². The summed E-state index contributed by atoms with van der Waals surface area (Å²) >= 11 is 1.53. The molecule has 3 heterocycles. The van der Waals surface area contributed by atoms with Crippen molar-refractivity contribution in [3.8, 4) is 11.5 Å². The number of nitrogens with zero attached hydrogens (tertiary/aromatic N) is 6. The van der Waals surface area contributed by atoms with E-state index in [-0.39, 0.29) is 5.91 Å². The van der Waals surface area contributed by atoms with Crippen molar-refractivity contribution in [3.63, 3.8) is 0 Å². The van der Waals surface area contributed by atoms with Gasteiger partial charge in [-0.1, -0.05) is 30.3 Å². The Hall–Kier alpha value is -3.98. The highest BCUT2D eigenvalue weighted by Gasteiger charge is 2.19. The van der Waals surface area contributed by atoms with Gasteiger partial charge in [-0.2, -0.15) is 14.9 Å². The Morgan fingerprint density at radius 1 is 1.00 bits per heavy atom. The van der Waals surface area contributed by atoms with Crippen LogP contribution in [0.15, 0.2) is 78.1 Å². The molecule has 0 saturated carbocycles. The first-order valence-electron chi connectivity index (χ1n) is 9.91. The zero-order chi connectivity index (χ0) is 22.1. The molecular formula is C23H19N7OS. The summed E-state index contributed by atoms with van der Waals surface area (Å²) in [6.45, 7) is 1.87. The Kier molecular flexibility index (Phi) is 5.16.